The Kier molecular flexibility index (Phi) is 3.98. The van der Waals surface area contributed by atoms with E-state index >= 15 is 0 Å². The van der Waals surface area contributed by atoms with Gasteiger partial charge in [-0.05, 0) is 43.4 Å². The lowest BCUT2D eigenvalue weighted by molar-refractivity contribution is 0.457. The van der Waals surface area contributed by atoms with Crippen LogP contribution in [-0.4, -0.2) is 36.8 Å². The van der Waals surface area contributed by atoms with Gasteiger partial charge >= 0.3 is 0 Å². The van der Waals surface area contributed by atoms with Gasteiger partial charge in [0, 0.05) is 11.6 Å². The summed E-state index contributed by atoms with van der Waals surface area (Å²) in [5.74, 6) is 0.0126. The zero-order valence-corrected chi connectivity index (χ0v) is 15.2. The molecule has 132 valence electrons. The number of aromatic nitrogens is 2. The Balaban J connectivity index is 1.75. The second kappa shape index (κ2) is 6.20. The lowest BCUT2D eigenvalue weighted by Gasteiger charge is -2.02. The van der Waals surface area contributed by atoms with Crippen molar-refractivity contribution in [3.63, 3.8) is 0 Å². The van der Waals surface area contributed by atoms with Gasteiger partial charge in [0.15, 0.2) is 5.88 Å². The minimum atomic E-state index is -3.48. The summed E-state index contributed by atoms with van der Waals surface area (Å²) in [4.78, 5) is 11.8. The van der Waals surface area contributed by atoms with Gasteiger partial charge in [-0.3, -0.25) is 4.99 Å². The highest BCUT2D eigenvalue weighted by Gasteiger charge is 2.14. The van der Waals surface area contributed by atoms with E-state index in [1.54, 1.807) is 23.9 Å². The van der Waals surface area contributed by atoms with Gasteiger partial charge in [0.25, 0.3) is 0 Å². The number of benzene rings is 2. The van der Waals surface area contributed by atoms with E-state index in [0.29, 0.717) is 11.3 Å². The minimum absolute atomic E-state index is 0.0126. The molecule has 0 aliphatic rings. The van der Waals surface area contributed by atoms with Crippen molar-refractivity contribution in [1.29, 1.82) is 0 Å². The Hall–Kier alpha value is -2.75. The molecule has 0 spiro atoms. The van der Waals surface area contributed by atoms with E-state index in [0.717, 1.165) is 21.1 Å². The van der Waals surface area contributed by atoms with E-state index in [9.17, 15) is 13.5 Å². The van der Waals surface area contributed by atoms with E-state index in [1.165, 1.54) is 30.5 Å². The largest absolute Gasteiger partial charge is 0.494 e. The van der Waals surface area contributed by atoms with Crippen LogP contribution in [0.1, 0.15) is 5.56 Å². The molecule has 7 nitrogen and oxygen atoms in total. The smallest absolute Gasteiger partial charge is 0.240 e. The van der Waals surface area contributed by atoms with E-state index in [1.807, 2.05) is 12.1 Å². The molecule has 2 aromatic heterocycles. The Morgan fingerprint density at radius 2 is 2.00 bits per heavy atom. The number of aromatic hydroxyl groups is 1. The molecule has 0 aliphatic carbocycles. The maximum absolute atomic E-state index is 11.8. The van der Waals surface area contributed by atoms with Crippen LogP contribution in [0.2, 0.25) is 0 Å². The maximum Gasteiger partial charge on any atom is 0.240 e. The average Bonchev–Trinajstić information content (AvgIpc) is 3.23. The van der Waals surface area contributed by atoms with Crippen molar-refractivity contribution in [1.82, 2.24) is 14.7 Å². The van der Waals surface area contributed by atoms with Crippen molar-refractivity contribution in [3.05, 3.63) is 47.5 Å². The van der Waals surface area contributed by atoms with Crippen molar-refractivity contribution < 1.29 is 13.5 Å². The summed E-state index contributed by atoms with van der Waals surface area (Å²) in [5, 5.41) is 11.0. The van der Waals surface area contributed by atoms with Gasteiger partial charge in [0.05, 0.1) is 37.4 Å². The van der Waals surface area contributed by atoms with Crippen LogP contribution in [0.3, 0.4) is 0 Å². The number of nitrogens with one attached hydrogen (secondary N) is 2. The highest BCUT2D eigenvalue weighted by Crippen LogP contribution is 2.33. The zero-order valence-electron chi connectivity index (χ0n) is 13.6. The molecule has 0 fully saturated rings. The van der Waals surface area contributed by atoms with Crippen LogP contribution in [-0.2, 0) is 10.0 Å². The number of hydrogen-bond acceptors (Lipinski definition) is 6. The summed E-state index contributed by atoms with van der Waals surface area (Å²) in [6.07, 6.45) is 1.55. The number of fused-ring (bicyclic) bond motifs is 3. The molecule has 0 amide bonds. The standard InChI is InChI=1S/C17H14N4O3S2/c1-18-26(23,24)11-4-2-10(3-5-11)19-8-12-15-13(21-17(12)22)6-7-14-16(15)20-9-25-14/h2-9,18,21-22H,1H3. The van der Waals surface area contributed by atoms with E-state index in [4.69, 9.17) is 0 Å². The van der Waals surface area contributed by atoms with Crippen LogP contribution < -0.4 is 4.72 Å². The molecule has 9 heteroatoms. The number of nitrogens with zero attached hydrogens (tertiary/aromatic N) is 2. The summed E-state index contributed by atoms with van der Waals surface area (Å²) >= 11 is 1.53. The number of hydrogen-bond donors (Lipinski definition) is 3. The Morgan fingerprint density at radius 1 is 1.23 bits per heavy atom. The molecule has 0 saturated carbocycles. The normalized spacial score (nSPS) is 12.5. The molecule has 4 aromatic rings. The fraction of sp³-hybridized carbons (Fsp3) is 0.0588. The van der Waals surface area contributed by atoms with Crippen LogP contribution in [0.4, 0.5) is 5.69 Å². The molecule has 26 heavy (non-hydrogen) atoms. The first-order valence-corrected chi connectivity index (χ1v) is 10.0. The number of sulfonamides is 1. The van der Waals surface area contributed by atoms with Gasteiger partial charge in [-0.1, -0.05) is 0 Å². The third-order valence-corrected chi connectivity index (χ3v) is 6.26. The monoisotopic (exact) mass is 386 g/mol. The predicted molar refractivity (Wildman–Crippen MR) is 103 cm³/mol. The van der Waals surface area contributed by atoms with Crippen LogP contribution in [0.5, 0.6) is 5.88 Å². The second-order valence-corrected chi connectivity index (χ2v) is 8.31. The van der Waals surface area contributed by atoms with E-state index < -0.39 is 10.0 Å². The van der Waals surface area contributed by atoms with Crippen molar-refractivity contribution in [2.75, 3.05) is 7.05 Å². The van der Waals surface area contributed by atoms with Crippen LogP contribution >= 0.6 is 11.3 Å². The Morgan fingerprint density at radius 3 is 2.73 bits per heavy atom. The third kappa shape index (κ3) is 2.75. The predicted octanol–water partition coefficient (Wildman–Crippen LogP) is 3.14. The summed E-state index contributed by atoms with van der Waals surface area (Å²) in [6, 6.07) is 10.0. The van der Waals surface area contributed by atoms with Crippen molar-refractivity contribution in [2.24, 2.45) is 4.99 Å². The molecular formula is C17H14N4O3S2. The van der Waals surface area contributed by atoms with Gasteiger partial charge in [0.1, 0.15) is 0 Å². The van der Waals surface area contributed by atoms with Gasteiger partial charge in [0.2, 0.25) is 10.0 Å². The first-order valence-electron chi connectivity index (χ1n) is 7.64. The SMILES string of the molecule is CNS(=O)(=O)c1ccc(N=Cc2c(O)[nH]c3ccc4scnc4c23)cc1. The summed E-state index contributed by atoms with van der Waals surface area (Å²) in [6.45, 7) is 0. The second-order valence-electron chi connectivity index (χ2n) is 5.53. The van der Waals surface area contributed by atoms with Gasteiger partial charge in [-0.25, -0.2) is 18.1 Å². The molecular weight excluding hydrogens is 372 g/mol. The van der Waals surface area contributed by atoms with Crippen LogP contribution in [0.25, 0.3) is 21.1 Å². The molecule has 2 heterocycles. The van der Waals surface area contributed by atoms with E-state index in [-0.39, 0.29) is 10.8 Å². The molecule has 2 aromatic carbocycles. The molecule has 0 aliphatic heterocycles. The number of H-pyrrole nitrogens is 1. The fourth-order valence-corrected chi connectivity index (χ4v) is 4.13. The number of rotatable bonds is 4. The molecule has 0 radical (unpaired) electrons. The lowest BCUT2D eigenvalue weighted by atomic mass is 10.1. The lowest BCUT2D eigenvalue weighted by Crippen LogP contribution is -2.18. The Bertz CT molecular complexity index is 1240. The minimum Gasteiger partial charge on any atom is -0.494 e. The van der Waals surface area contributed by atoms with Crippen molar-refractivity contribution in [2.45, 2.75) is 4.90 Å². The highest BCUT2D eigenvalue weighted by molar-refractivity contribution is 7.89. The maximum atomic E-state index is 11.8. The van der Waals surface area contributed by atoms with Gasteiger partial charge < -0.3 is 10.1 Å². The first kappa shape index (κ1) is 16.7. The summed E-state index contributed by atoms with van der Waals surface area (Å²) in [7, 11) is -2.12. The topological polar surface area (TPSA) is 107 Å². The fourth-order valence-electron chi connectivity index (χ4n) is 2.72. The van der Waals surface area contributed by atoms with Crippen LogP contribution in [0.15, 0.2) is 51.8 Å². The Labute approximate surface area is 153 Å². The number of aliphatic imine (C=N–C) groups is 1. The molecule has 4 rings (SSSR count). The first-order chi connectivity index (χ1) is 12.5. The molecule has 0 unspecified atom stereocenters. The highest BCUT2D eigenvalue weighted by atomic mass is 32.2. The van der Waals surface area contributed by atoms with Gasteiger partial charge in [-0.15, -0.1) is 11.3 Å². The summed E-state index contributed by atoms with van der Waals surface area (Å²) in [5.41, 5.74) is 4.46. The number of thiazole rings is 1. The molecule has 0 saturated heterocycles. The quantitative estimate of drug-likeness (QED) is 0.468. The molecule has 3 N–H and O–H groups in total. The van der Waals surface area contributed by atoms with E-state index in [2.05, 4.69) is 19.7 Å². The van der Waals surface area contributed by atoms with Crippen LogP contribution in [0, 0.1) is 0 Å². The zero-order chi connectivity index (χ0) is 18.3. The summed E-state index contributed by atoms with van der Waals surface area (Å²) < 4.78 is 26.8. The number of aromatic amines is 1. The molecule has 0 bridgehead atoms. The van der Waals surface area contributed by atoms with Crippen molar-refractivity contribution >= 4 is 54.4 Å². The molecule has 0 atom stereocenters. The van der Waals surface area contributed by atoms with Gasteiger partial charge in [-0.2, -0.15) is 0 Å². The van der Waals surface area contributed by atoms with Crippen molar-refractivity contribution in [3.8, 4) is 5.88 Å². The third-order valence-electron chi connectivity index (χ3n) is 4.04. The average molecular weight is 386 g/mol.